The minimum absolute atomic E-state index is 0.0408. The number of aromatic amines is 1. The number of piperidine rings is 1. The minimum atomic E-state index is -1.04. The van der Waals surface area contributed by atoms with Crippen LogP contribution in [0.2, 0.25) is 0 Å². The van der Waals surface area contributed by atoms with Crippen molar-refractivity contribution in [2.45, 2.75) is 57.4 Å². The lowest BCUT2D eigenvalue weighted by Crippen LogP contribution is -2.54. The number of halogens is 1. The van der Waals surface area contributed by atoms with Gasteiger partial charge in [0.15, 0.2) is 0 Å². The molecule has 8 rings (SSSR count). The van der Waals surface area contributed by atoms with Gasteiger partial charge in [-0.2, -0.15) is 9.97 Å². The zero-order valence-electron chi connectivity index (χ0n) is 36.5. The number of ether oxygens (including phenoxy) is 1. The molecular weight excluding hydrogens is 854 g/mol. The number of unbranched alkanes of at least 4 members (excludes halogenated alkanes) is 3. The Kier molecular flexibility index (Phi) is 12.9. The molecule has 0 bridgehead atoms. The van der Waals surface area contributed by atoms with E-state index in [0.717, 1.165) is 29.7 Å². The highest BCUT2D eigenvalue weighted by atomic mass is 19.1. The number of carbonyl (C=O) groups is 7. The van der Waals surface area contributed by atoms with Crippen molar-refractivity contribution < 1.29 is 42.7 Å². The zero-order chi connectivity index (χ0) is 46.6. The van der Waals surface area contributed by atoms with Crippen LogP contribution in [0.25, 0.3) is 11.0 Å². The quantitative estimate of drug-likeness (QED) is 0.0546. The first-order chi connectivity index (χ1) is 31.9. The number of imide groups is 2. The first-order valence-electron chi connectivity index (χ1n) is 21.6. The van der Waals surface area contributed by atoms with Crippen molar-refractivity contribution >= 4 is 86.9 Å². The van der Waals surface area contributed by atoms with E-state index < -0.39 is 41.4 Å². The molecule has 1 unspecified atom stereocenters. The second-order valence-electron chi connectivity index (χ2n) is 16.1. The third-order valence-corrected chi connectivity index (χ3v) is 11.9. The number of H-pyrrole nitrogens is 1. The number of nitrogens with zero attached hydrogens (tertiary/aromatic N) is 5. The van der Waals surface area contributed by atoms with Gasteiger partial charge in [0.05, 0.1) is 47.1 Å². The van der Waals surface area contributed by atoms with Gasteiger partial charge in [0.25, 0.3) is 17.7 Å². The van der Waals surface area contributed by atoms with E-state index in [0.29, 0.717) is 65.6 Å². The number of benzene rings is 3. The molecule has 1 saturated heterocycles. The van der Waals surface area contributed by atoms with Crippen molar-refractivity contribution in [2.24, 2.45) is 0 Å². The number of rotatable bonds is 17. The Morgan fingerprint density at radius 1 is 0.924 bits per heavy atom. The Morgan fingerprint density at radius 3 is 2.50 bits per heavy atom. The van der Waals surface area contributed by atoms with Gasteiger partial charge in [-0.05, 0) is 73.7 Å². The Hall–Kier alpha value is -7.90. The fourth-order valence-electron chi connectivity index (χ4n) is 8.47. The fraction of sp³-hybridized carbons (Fsp3) is 0.326. The summed E-state index contributed by atoms with van der Waals surface area (Å²) in [5.74, 6) is -3.03. The van der Waals surface area contributed by atoms with Gasteiger partial charge in [-0.25, -0.2) is 4.39 Å². The van der Waals surface area contributed by atoms with Gasteiger partial charge >= 0.3 is 0 Å². The SMILES string of the molecule is CNC(=O)c1c(F)cccc1Nc1nc(Nc2cc3c(cc2OC)CCN3C(=O)CN(C)C(=O)CCCCCCNc2cccc3c2C(=O)N(C2CCC(=O)NC2=O)C3=O)nc2[nH]ccc12. The number of anilines is 6. The van der Waals surface area contributed by atoms with E-state index in [1.54, 1.807) is 54.5 Å². The highest BCUT2D eigenvalue weighted by Gasteiger charge is 2.45. The van der Waals surface area contributed by atoms with Crippen molar-refractivity contribution in [1.82, 2.24) is 35.4 Å². The molecule has 0 saturated carbocycles. The van der Waals surface area contributed by atoms with Crippen LogP contribution < -0.4 is 36.2 Å². The van der Waals surface area contributed by atoms with Crippen LogP contribution in [0.15, 0.2) is 60.8 Å². The molecule has 3 aliphatic rings. The number of carbonyl (C=O) groups excluding carboxylic acids is 7. The Bertz CT molecular complexity index is 2790. The largest absolute Gasteiger partial charge is 0.495 e. The summed E-state index contributed by atoms with van der Waals surface area (Å²) in [6, 6.07) is 13.5. The summed E-state index contributed by atoms with van der Waals surface area (Å²) < 4.78 is 20.5. The average molecular weight is 902 g/mol. The lowest BCUT2D eigenvalue weighted by Gasteiger charge is -2.27. The van der Waals surface area contributed by atoms with Crippen molar-refractivity contribution in [3.8, 4) is 5.75 Å². The molecule has 3 aromatic carbocycles. The van der Waals surface area contributed by atoms with Gasteiger partial charge in [0.1, 0.15) is 29.1 Å². The van der Waals surface area contributed by atoms with Crippen LogP contribution in [0.3, 0.4) is 0 Å². The van der Waals surface area contributed by atoms with Gasteiger partial charge in [-0.1, -0.05) is 25.0 Å². The van der Waals surface area contributed by atoms with Crippen LogP contribution >= 0.6 is 0 Å². The monoisotopic (exact) mass is 901 g/mol. The summed E-state index contributed by atoms with van der Waals surface area (Å²) in [6.45, 7) is 0.788. The molecule has 0 aliphatic carbocycles. The number of fused-ring (bicyclic) bond motifs is 3. The number of hydrogen-bond acceptors (Lipinski definition) is 13. The highest BCUT2D eigenvalue weighted by molar-refractivity contribution is 6.25. The zero-order valence-corrected chi connectivity index (χ0v) is 36.5. The summed E-state index contributed by atoms with van der Waals surface area (Å²) >= 11 is 0. The van der Waals surface area contributed by atoms with Crippen molar-refractivity contribution in [2.75, 3.05) is 61.7 Å². The highest BCUT2D eigenvalue weighted by Crippen LogP contribution is 2.39. The van der Waals surface area contributed by atoms with E-state index in [1.165, 1.54) is 31.2 Å². The second-order valence-corrected chi connectivity index (χ2v) is 16.1. The lowest BCUT2D eigenvalue weighted by atomic mass is 10.0. The molecule has 0 spiro atoms. The Labute approximate surface area is 377 Å². The molecule has 0 radical (unpaired) electrons. The van der Waals surface area contributed by atoms with E-state index in [9.17, 15) is 38.0 Å². The van der Waals surface area contributed by atoms with Gasteiger partial charge in [0, 0.05) is 57.6 Å². The van der Waals surface area contributed by atoms with Gasteiger partial charge in [-0.15, -0.1) is 0 Å². The topological polar surface area (TPSA) is 240 Å². The summed E-state index contributed by atoms with van der Waals surface area (Å²) in [5, 5.41) is 14.8. The van der Waals surface area contributed by atoms with Crippen molar-refractivity contribution in [3.63, 3.8) is 0 Å². The standard InChI is InChI=1S/C46H48FN11O8/c1-48-43(63)39-28(47)11-9-13-30(39)51-41-27-17-20-50-40(27)54-46(55-41)52-31-23-33-25(22-34(31)66-3)18-21-57(33)37(61)24-56(2)36(60)14-6-4-5-7-19-49-29-12-8-10-26-38(29)45(65)58(44(26)64)32-15-16-35(59)53-42(32)62/h8-13,17,20,22-23,32,49H,4-7,14-16,18-19,21,24H2,1-3H3,(H,48,63)(H,53,59,62)(H3,50,51,52,54,55). The summed E-state index contributed by atoms with van der Waals surface area (Å²) in [4.78, 5) is 106. The van der Waals surface area contributed by atoms with Crippen molar-refractivity contribution in [1.29, 1.82) is 0 Å². The summed E-state index contributed by atoms with van der Waals surface area (Å²) in [6.07, 6.45) is 5.49. The first kappa shape index (κ1) is 44.7. The van der Waals surface area contributed by atoms with Crippen LogP contribution in [0.4, 0.5) is 38.9 Å². The van der Waals surface area contributed by atoms with Crippen LogP contribution in [0, 0.1) is 5.82 Å². The van der Waals surface area contributed by atoms with E-state index in [2.05, 4.69) is 41.5 Å². The number of methoxy groups -OCH3 is 1. The molecule has 5 aromatic rings. The molecule has 20 heteroatoms. The van der Waals surface area contributed by atoms with E-state index in [-0.39, 0.29) is 65.9 Å². The first-order valence-corrected chi connectivity index (χ1v) is 21.6. The molecule has 5 heterocycles. The predicted molar refractivity (Wildman–Crippen MR) is 242 cm³/mol. The molecular formula is C46H48FN11O8. The molecule has 342 valence electrons. The van der Waals surface area contributed by atoms with Gasteiger partial charge in [-0.3, -0.25) is 43.8 Å². The summed E-state index contributed by atoms with van der Waals surface area (Å²) in [7, 11) is 4.55. The summed E-state index contributed by atoms with van der Waals surface area (Å²) in [5.41, 5.74) is 3.39. The van der Waals surface area contributed by atoms with Crippen molar-refractivity contribution in [3.05, 3.63) is 88.9 Å². The third-order valence-electron chi connectivity index (χ3n) is 11.9. The number of hydrogen-bond donors (Lipinski definition) is 6. The normalized spacial score (nSPS) is 15.4. The maximum Gasteiger partial charge on any atom is 0.264 e. The molecule has 6 N–H and O–H groups in total. The number of nitrogens with one attached hydrogen (secondary N) is 6. The maximum absolute atomic E-state index is 14.8. The molecule has 19 nitrogen and oxygen atoms in total. The van der Waals surface area contributed by atoms with Gasteiger partial charge < -0.3 is 40.8 Å². The van der Waals surface area contributed by atoms with E-state index in [4.69, 9.17) is 4.74 Å². The molecule has 66 heavy (non-hydrogen) atoms. The number of likely N-dealkylation sites (N-methyl/N-ethyl adjacent to an activating group) is 1. The van der Waals surface area contributed by atoms with E-state index in [1.807, 2.05) is 6.07 Å². The van der Waals surface area contributed by atoms with Crippen LogP contribution in [-0.2, 0) is 25.6 Å². The predicted octanol–water partition coefficient (Wildman–Crippen LogP) is 4.76. The number of amides is 7. The van der Waals surface area contributed by atoms with Crippen LogP contribution in [-0.4, -0.2) is 113 Å². The second kappa shape index (κ2) is 19.1. The van der Waals surface area contributed by atoms with Crippen LogP contribution in [0.5, 0.6) is 5.75 Å². The number of aromatic nitrogens is 3. The smallest absolute Gasteiger partial charge is 0.264 e. The molecule has 2 aromatic heterocycles. The average Bonchev–Trinajstić information content (AvgIpc) is 4.02. The molecule has 3 aliphatic heterocycles. The molecule has 1 atom stereocenters. The molecule has 7 amide bonds. The maximum atomic E-state index is 14.8. The Morgan fingerprint density at radius 2 is 1.71 bits per heavy atom. The fourth-order valence-corrected chi connectivity index (χ4v) is 8.47. The minimum Gasteiger partial charge on any atom is -0.495 e. The molecule has 1 fully saturated rings. The van der Waals surface area contributed by atoms with Gasteiger partial charge in [0.2, 0.25) is 29.6 Å². The van der Waals surface area contributed by atoms with E-state index >= 15 is 0 Å². The van der Waals surface area contributed by atoms with Crippen LogP contribution in [0.1, 0.15) is 81.6 Å². The third kappa shape index (κ3) is 8.93. The Balaban J connectivity index is 0.834. The lowest BCUT2D eigenvalue weighted by molar-refractivity contribution is -0.136.